The van der Waals surface area contributed by atoms with Gasteiger partial charge in [0.25, 0.3) is 5.91 Å². The van der Waals surface area contributed by atoms with E-state index < -0.39 is 12.0 Å². The maximum Gasteiger partial charge on any atom is 0.255 e. The van der Waals surface area contributed by atoms with E-state index in [1.54, 1.807) is 6.08 Å². The number of hydrogen-bond donors (Lipinski definition) is 1. The van der Waals surface area contributed by atoms with Gasteiger partial charge in [-0.1, -0.05) is 12.2 Å². The fourth-order valence-corrected chi connectivity index (χ4v) is 1.36. The molecule has 4 heteroatoms. The van der Waals surface area contributed by atoms with E-state index in [0.717, 1.165) is 11.5 Å². The molecule has 2 unspecified atom stereocenters. The summed E-state index contributed by atoms with van der Waals surface area (Å²) in [4.78, 5) is 16.3. The van der Waals surface area contributed by atoms with Crippen molar-refractivity contribution in [2.45, 2.75) is 18.9 Å². The minimum atomic E-state index is -0.574. The van der Waals surface area contributed by atoms with Crippen LogP contribution in [0.1, 0.15) is 12.8 Å². The van der Waals surface area contributed by atoms with Crippen LogP contribution in [0.4, 0.5) is 0 Å². The highest BCUT2D eigenvalue weighted by molar-refractivity contribution is 5.80. The molecular formula is C9H15NO3. The number of aliphatic hydroxyl groups excluding tert-OH is 1. The molecule has 0 radical (unpaired) electrons. The Labute approximate surface area is 77.7 Å². The second kappa shape index (κ2) is 4.39. The Hall–Kier alpha value is -0.870. The summed E-state index contributed by atoms with van der Waals surface area (Å²) in [7, 11) is 2.97. The summed E-state index contributed by atoms with van der Waals surface area (Å²) in [6, 6.07) is 0. The van der Waals surface area contributed by atoms with Crippen LogP contribution in [0.25, 0.3) is 0 Å². The van der Waals surface area contributed by atoms with Crippen molar-refractivity contribution >= 4 is 5.91 Å². The van der Waals surface area contributed by atoms with Crippen molar-refractivity contribution < 1.29 is 14.7 Å². The lowest BCUT2D eigenvalue weighted by Crippen LogP contribution is -2.38. The Morgan fingerprint density at radius 2 is 2.38 bits per heavy atom. The van der Waals surface area contributed by atoms with E-state index in [1.807, 2.05) is 6.08 Å². The average molecular weight is 185 g/mol. The van der Waals surface area contributed by atoms with Crippen molar-refractivity contribution in [3.63, 3.8) is 0 Å². The number of hydrogen-bond acceptors (Lipinski definition) is 3. The van der Waals surface area contributed by atoms with Gasteiger partial charge in [0.05, 0.1) is 19.1 Å². The lowest BCUT2D eigenvalue weighted by Gasteiger charge is -2.25. The van der Waals surface area contributed by atoms with Crippen LogP contribution < -0.4 is 0 Å². The standard InChI is InChI=1S/C9H15NO3/c1-10(13-2)9(12)7-5-3-4-6-8(7)11/h3,5,7-8,11H,4,6H2,1-2H3. The third-order valence-corrected chi connectivity index (χ3v) is 2.26. The number of rotatable bonds is 2. The summed E-state index contributed by atoms with van der Waals surface area (Å²) in [6.45, 7) is 0. The smallest absolute Gasteiger partial charge is 0.255 e. The third kappa shape index (κ3) is 2.29. The van der Waals surface area contributed by atoms with Gasteiger partial charge in [-0.15, -0.1) is 0 Å². The van der Waals surface area contributed by atoms with E-state index in [-0.39, 0.29) is 5.91 Å². The largest absolute Gasteiger partial charge is 0.392 e. The van der Waals surface area contributed by atoms with E-state index in [4.69, 9.17) is 4.84 Å². The number of nitrogens with zero attached hydrogens (tertiary/aromatic N) is 1. The molecule has 0 saturated carbocycles. The Morgan fingerprint density at radius 3 is 2.92 bits per heavy atom. The Balaban J connectivity index is 2.64. The molecule has 13 heavy (non-hydrogen) atoms. The van der Waals surface area contributed by atoms with Gasteiger partial charge < -0.3 is 5.11 Å². The predicted molar refractivity (Wildman–Crippen MR) is 47.6 cm³/mol. The Morgan fingerprint density at radius 1 is 1.69 bits per heavy atom. The molecule has 0 aromatic heterocycles. The van der Waals surface area contributed by atoms with Crippen LogP contribution in [0.5, 0.6) is 0 Å². The van der Waals surface area contributed by atoms with Gasteiger partial charge in [0.15, 0.2) is 0 Å². The van der Waals surface area contributed by atoms with Gasteiger partial charge in [-0.2, -0.15) is 0 Å². The van der Waals surface area contributed by atoms with Gasteiger partial charge in [-0.3, -0.25) is 9.63 Å². The van der Waals surface area contributed by atoms with Crippen LogP contribution in [-0.4, -0.2) is 36.3 Å². The molecule has 0 heterocycles. The molecule has 0 aliphatic heterocycles. The van der Waals surface area contributed by atoms with Crippen molar-refractivity contribution in [2.24, 2.45) is 5.92 Å². The first-order chi connectivity index (χ1) is 6.16. The summed E-state index contributed by atoms with van der Waals surface area (Å²) in [5, 5.41) is 10.7. The van der Waals surface area contributed by atoms with Gasteiger partial charge in [0.1, 0.15) is 0 Å². The molecule has 2 atom stereocenters. The molecule has 74 valence electrons. The topological polar surface area (TPSA) is 49.8 Å². The molecule has 1 N–H and O–H groups in total. The SMILES string of the molecule is CON(C)C(=O)C1C=CCCC1O. The van der Waals surface area contributed by atoms with Crippen LogP contribution in [0.3, 0.4) is 0 Å². The number of hydroxylamine groups is 2. The Bertz CT molecular complexity index is 215. The molecule has 0 aromatic carbocycles. The number of carbonyl (C=O) groups excluding carboxylic acids is 1. The second-order valence-corrected chi connectivity index (χ2v) is 3.12. The van der Waals surface area contributed by atoms with Crippen molar-refractivity contribution in [1.29, 1.82) is 0 Å². The summed E-state index contributed by atoms with van der Waals surface area (Å²) in [5.74, 6) is -0.648. The van der Waals surface area contributed by atoms with E-state index in [9.17, 15) is 9.90 Å². The van der Waals surface area contributed by atoms with Gasteiger partial charge in [-0.05, 0) is 12.8 Å². The van der Waals surface area contributed by atoms with E-state index in [1.165, 1.54) is 14.2 Å². The third-order valence-electron chi connectivity index (χ3n) is 2.26. The van der Waals surface area contributed by atoms with Gasteiger partial charge in [0.2, 0.25) is 0 Å². The van der Waals surface area contributed by atoms with Gasteiger partial charge in [-0.25, -0.2) is 5.06 Å². The zero-order valence-corrected chi connectivity index (χ0v) is 7.93. The summed E-state index contributed by atoms with van der Waals surface area (Å²) in [5.41, 5.74) is 0. The summed E-state index contributed by atoms with van der Waals surface area (Å²) in [6.07, 6.45) is 4.56. The first-order valence-electron chi connectivity index (χ1n) is 4.33. The van der Waals surface area contributed by atoms with Gasteiger partial charge >= 0.3 is 0 Å². The second-order valence-electron chi connectivity index (χ2n) is 3.12. The maximum atomic E-state index is 11.5. The summed E-state index contributed by atoms with van der Waals surface area (Å²) < 4.78 is 0. The van der Waals surface area contributed by atoms with E-state index in [2.05, 4.69) is 0 Å². The molecule has 1 aliphatic carbocycles. The van der Waals surface area contributed by atoms with Crippen molar-refractivity contribution in [3.8, 4) is 0 Å². The van der Waals surface area contributed by atoms with Crippen LogP contribution >= 0.6 is 0 Å². The molecule has 0 spiro atoms. The fraction of sp³-hybridized carbons (Fsp3) is 0.667. The number of carbonyl (C=O) groups is 1. The zero-order chi connectivity index (χ0) is 9.84. The zero-order valence-electron chi connectivity index (χ0n) is 7.93. The molecule has 1 rings (SSSR count). The molecule has 4 nitrogen and oxygen atoms in total. The Kier molecular flexibility index (Phi) is 3.45. The van der Waals surface area contributed by atoms with Crippen LogP contribution in [0, 0.1) is 5.92 Å². The lowest BCUT2D eigenvalue weighted by atomic mass is 9.92. The predicted octanol–water partition coefficient (Wildman–Crippen LogP) is 0.333. The molecule has 0 fully saturated rings. The number of amides is 1. The highest BCUT2D eigenvalue weighted by atomic mass is 16.7. The van der Waals surface area contributed by atoms with E-state index in [0.29, 0.717) is 6.42 Å². The molecule has 0 aromatic rings. The van der Waals surface area contributed by atoms with Crippen molar-refractivity contribution in [2.75, 3.05) is 14.2 Å². The van der Waals surface area contributed by atoms with E-state index >= 15 is 0 Å². The fourth-order valence-electron chi connectivity index (χ4n) is 1.36. The van der Waals surface area contributed by atoms with Crippen molar-refractivity contribution in [1.82, 2.24) is 5.06 Å². The lowest BCUT2D eigenvalue weighted by molar-refractivity contribution is -0.175. The first-order valence-corrected chi connectivity index (χ1v) is 4.33. The molecular weight excluding hydrogens is 170 g/mol. The normalized spacial score (nSPS) is 27.3. The van der Waals surface area contributed by atoms with Gasteiger partial charge in [0, 0.05) is 7.05 Å². The monoisotopic (exact) mass is 185 g/mol. The van der Waals surface area contributed by atoms with Crippen LogP contribution in [0.2, 0.25) is 0 Å². The molecule has 0 saturated heterocycles. The average Bonchev–Trinajstić information content (AvgIpc) is 2.16. The quantitative estimate of drug-likeness (QED) is 0.498. The first kappa shape index (κ1) is 10.2. The summed E-state index contributed by atoms with van der Waals surface area (Å²) >= 11 is 0. The molecule has 1 amide bonds. The molecule has 1 aliphatic rings. The van der Waals surface area contributed by atoms with Crippen LogP contribution in [0.15, 0.2) is 12.2 Å². The number of allylic oxidation sites excluding steroid dienone is 1. The van der Waals surface area contributed by atoms with Crippen molar-refractivity contribution in [3.05, 3.63) is 12.2 Å². The minimum absolute atomic E-state index is 0.203. The minimum Gasteiger partial charge on any atom is -0.392 e. The highest BCUT2D eigenvalue weighted by Crippen LogP contribution is 2.19. The van der Waals surface area contributed by atoms with Crippen LogP contribution in [-0.2, 0) is 9.63 Å². The number of aliphatic hydroxyl groups is 1. The molecule has 0 bridgehead atoms. The maximum absolute atomic E-state index is 11.5. The highest BCUT2D eigenvalue weighted by Gasteiger charge is 2.28.